The number of esters is 1. The molecule has 1 rings (SSSR count). The first kappa shape index (κ1) is 19.7. The van der Waals surface area contributed by atoms with Crippen LogP contribution in [-0.4, -0.2) is 33.3 Å². The van der Waals surface area contributed by atoms with Gasteiger partial charge >= 0.3 is 5.97 Å². The number of carbonyl (C=O) groups excluding carboxylic acids is 1. The molecule has 0 saturated carbocycles. The molecule has 0 fully saturated rings. The van der Waals surface area contributed by atoms with Gasteiger partial charge in [0.2, 0.25) is 0 Å². The van der Waals surface area contributed by atoms with Gasteiger partial charge in [-0.25, -0.2) is 4.98 Å². The molecule has 132 valence electrons. The average molecular weight is 324 g/mol. The number of aromatic nitrogens is 2. The van der Waals surface area contributed by atoms with Gasteiger partial charge < -0.3 is 14.4 Å². The third kappa shape index (κ3) is 5.65. The fraction of sp³-hybridized carbons (Fsp3) is 0.778. The molecule has 0 amide bonds. The van der Waals surface area contributed by atoms with E-state index in [9.17, 15) is 9.90 Å². The molecule has 0 aliphatic rings. The van der Waals surface area contributed by atoms with E-state index in [1.165, 1.54) is 0 Å². The predicted molar refractivity (Wildman–Crippen MR) is 90.8 cm³/mol. The lowest BCUT2D eigenvalue weighted by molar-refractivity contribution is -0.168. The van der Waals surface area contributed by atoms with Crippen molar-refractivity contribution in [2.75, 3.05) is 6.61 Å². The molecular formula is C18H32N2O3. The molecule has 0 spiro atoms. The van der Waals surface area contributed by atoms with Gasteiger partial charge in [0.25, 0.3) is 0 Å². The zero-order valence-electron chi connectivity index (χ0n) is 15.6. The summed E-state index contributed by atoms with van der Waals surface area (Å²) >= 11 is 0. The topological polar surface area (TPSA) is 64.3 Å². The number of ether oxygens (including phenoxy) is 1. The van der Waals surface area contributed by atoms with E-state index in [1.807, 2.05) is 6.92 Å². The van der Waals surface area contributed by atoms with Crippen LogP contribution in [0.1, 0.15) is 54.9 Å². The predicted octanol–water partition coefficient (Wildman–Crippen LogP) is 3.28. The van der Waals surface area contributed by atoms with Gasteiger partial charge in [-0.2, -0.15) is 0 Å². The van der Waals surface area contributed by atoms with Crippen LogP contribution in [0.4, 0.5) is 0 Å². The monoisotopic (exact) mass is 324 g/mol. The van der Waals surface area contributed by atoms with E-state index < -0.39 is 11.5 Å². The Morgan fingerprint density at radius 1 is 1.22 bits per heavy atom. The molecule has 0 aliphatic heterocycles. The first-order chi connectivity index (χ1) is 10.3. The maximum absolute atomic E-state index is 12.7. The molecule has 2 atom stereocenters. The fourth-order valence-electron chi connectivity index (χ4n) is 2.73. The van der Waals surface area contributed by atoms with Crippen LogP contribution in [0.2, 0.25) is 0 Å². The molecule has 2 unspecified atom stereocenters. The summed E-state index contributed by atoms with van der Waals surface area (Å²) in [6.45, 7) is 14.9. The Kier molecular flexibility index (Phi) is 6.02. The quantitative estimate of drug-likeness (QED) is 0.816. The summed E-state index contributed by atoms with van der Waals surface area (Å²) in [6.07, 6.45) is 5.03. The average Bonchev–Trinajstić information content (AvgIpc) is 2.85. The molecule has 5 heteroatoms. The van der Waals surface area contributed by atoms with E-state index in [0.29, 0.717) is 6.54 Å². The second-order valence-corrected chi connectivity index (χ2v) is 8.83. The number of carbonyl (C=O) groups is 1. The summed E-state index contributed by atoms with van der Waals surface area (Å²) in [4.78, 5) is 16.7. The highest BCUT2D eigenvalue weighted by Crippen LogP contribution is 2.47. The lowest BCUT2D eigenvalue weighted by atomic mass is 9.61. The molecule has 0 bridgehead atoms. The van der Waals surface area contributed by atoms with Crippen LogP contribution in [0.3, 0.4) is 0 Å². The van der Waals surface area contributed by atoms with E-state index in [0.717, 1.165) is 6.42 Å². The van der Waals surface area contributed by atoms with Crippen molar-refractivity contribution in [2.24, 2.45) is 16.2 Å². The van der Waals surface area contributed by atoms with Crippen LogP contribution in [-0.2, 0) is 16.1 Å². The Bertz CT molecular complexity index is 497. The number of rotatable bonds is 6. The van der Waals surface area contributed by atoms with Crippen molar-refractivity contribution in [3.8, 4) is 0 Å². The van der Waals surface area contributed by atoms with E-state index in [-0.39, 0.29) is 23.4 Å². The zero-order valence-corrected chi connectivity index (χ0v) is 15.6. The molecule has 0 saturated heterocycles. The highest BCUT2D eigenvalue weighted by Gasteiger charge is 2.47. The van der Waals surface area contributed by atoms with Crippen molar-refractivity contribution in [3.63, 3.8) is 0 Å². The lowest BCUT2D eigenvalue weighted by Gasteiger charge is -2.43. The molecular weight excluding hydrogens is 292 g/mol. The van der Waals surface area contributed by atoms with Crippen LogP contribution in [0.25, 0.3) is 0 Å². The minimum absolute atomic E-state index is 0.00712. The van der Waals surface area contributed by atoms with Gasteiger partial charge in [0.1, 0.15) is 12.7 Å². The first-order valence-electron chi connectivity index (χ1n) is 8.16. The minimum atomic E-state index is -0.744. The molecule has 0 aromatic carbocycles. The maximum Gasteiger partial charge on any atom is 0.312 e. The van der Waals surface area contributed by atoms with Crippen LogP contribution in [0, 0.1) is 16.2 Å². The normalized spacial score (nSPS) is 16.7. The van der Waals surface area contributed by atoms with Crippen molar-refractivity contribution >= 4 is 5.97 Å². The molecule has 1 aromatic rings. The summed E-state index contributed by atoms with van der Waals surface area (Å²) in [6, 6.07) is 0. The Labute approximate surface area is 140 Å². The largest absolute Gasteiger partial charge is 0.462 e. The van der Waals surface area contributed by atoms with Crippen molar-refractivity contribution in [1.29, 1.82) is 0 Å². The number of imidazole rings is 1. The first-order valence-corrected chi connectivity index (χ1v) is 8.16. The van der Waals surface area contributed by atoms with E-state index in [4.69, 9.17) is 4.74 Å². The van der Waals surface area contributed by atoms with Gasteiger partial charge in [0.15, 0.2) is 0 Å². The maximum atomic E-state index is 12.7. The highest BCUT2D eigenvalue weighted by atomic mass is 16.5. The van der Waals surface area contributed by atoms with Crippen molar-refractivity contribution in [3.05, 3.63) is 18.7 Å². The summed E-state index contributed by atoms with van der Waals surface area (Å²) in [7, 11) is 0. The SMILES string of the molecule is CC(C)(C)CC(C)(C(=O)OCC(O)Cn1ccnc1)C(C)(C)C. The Morgan fingerprint density at radius 2 is 1.83 bits per heavy atom. The molecule has 0 aliphatic carbocycles. The standard InChI is InChI=1S/C18H32N2O3/c1-16(2,3)12-18(7,17(4,5)6)15(22)23-11-14(21)10-20-9-8-19-13-20/h8-9,13-14,21H,10-12H2,1-7H3. The molecule has 1 N–H and O–H groups in total. The Hall–Kier alpha value is -1.36. The fourth-order valence-corrected chi connectivity index (χ4v) is 2.73. The molecule has 23 heavy (non-hydrogen) atoms. The van der Waals surface area contributed by atoms with E-state index in [1.54, 1.807) is 23.3 Å². The van der Waals surface area contributed by atoms with Crippen LogP contribution < -0.4 is 0 Å². The number of hydrogen-bond acceptors (Lipinski definition) is 4. The molecule has 1 heterocycles. The summed E-state index contributed by atoms with van der Waals surface area (Å²) < 4.78 is 7.23. The van der Waals surface area contributed by atoms with Gasteiger partial charge in [-0.3, -0.25) is 4.79 Å². The van der Waals surface area contributed by atoms with Crippen LogP contribution in [0.5, 0.6) is 0 Å². The summed E-state index contributed by atoms with van der Waals surface area (Å²) in [5.41, 5.74) is -0.830. The minimum Gasteiger partial charge on any atom is -0.462 e. The number of aliphatic hydroxyl groups is 1. The second kappa shape index (κ2) is 7.04. The van der Waals surface area contributed by atoms with Crippen molar-refractivity contribution in [1.82, 2.24) is 9.55 Å². The molecule has 1 aromatic heterocycles. The third-order valence-corrected chi connectivity index (χ3v) is 4.38. The summed E-state index contributed by atoms with van der Waals surface area (Å²) in [5, 5.41) is 10.0. The van der Waals surface area contributed by atoms with Gasteiger partial charge in [-0.05, 0) is 24.2 Å². The number of hydrogen-bond donors (Lipinski definition) is 1. The van der Waals surface area contributed by atoms with Gasteiger partial charge in [0.05, 0.1) is 18.3 Å². The van der Waals surface area contributed by atoms with Crippen molar-refractivity contribution in [2.45, 2.75) is 67.5 Å². The van der Waals surface area contributed by atoms with Gasteiger partial charge in [-0.15, -0.1) is 0 Å². The van der Waals surface area contributed by atoms with Crippen LogP contribution in [0.15, 0.2) is 18.7 Å². The highest BCUT2D eigenvalue weighted by molar-refractivity contribution is 5.77. The number of nitrogens with zero attached hydrogens (tertiary/aromatic N) is 2. The van der Waals surface area contributed by atoms with E-state index >= 15 is 0 Å². The molecule has 0 radical (unpaired) electrons. The van der Waals surface area contributed by atoms with Crippen molar-refractivity contribution < 1.29 is 14.6 Å². The number of aliphatic hydroxyl groups excluding tert-OH is 1. The Morgan fingerprint density at radius 3 is 2.26 bits per heavy atom. The second-order valence-electron chi connectivity index (χ2n) is 8.83. The lowest BCUT2D eigenvalue weighted by Crippen LogP contribution is -2.45. The van der Waals surface area contributed by atoms with E-state index in [2.05, 4.69) is 46.5 Å². The van der Waals surface area contributed by atoms with Gasteiger partial charge in [-0.1, -0.05) is 41.5 Å². The summed E-state index contributed by atoms with van der Waals surface area (Å²) in [5.74, 6) is -0.246. The third-order valence-electron chi connectivity index (χ3n) is 4.38. The van der Waals surface area contributed by atoms with Gasteiger partial charge in [0, 0.05) is 12.4 Å². The molecule has 5 nitrogen and oxygen atoms in total. The smallest absolute Gasteiger partial charge is 0.312 e. The van der Waals surface area contributed by atoms with Crippen LogP contribution >= 0.6 is 0 Å². The zero-order chi connectivity index (χ0) is 17.9. The Balaban J connectivity index is 2.70.